The summed E-state index contributed by atoms with van der Waals surface area (Å²) in [6.45, 7) is 0.308. The van der Waals surface area contributed by atoms with Crippen LogP contribution in [0.1, 0.15) is 18.4 Å². The first-order valence-corrected chi connectivity index (χ1v) is 5.38. The van der Waals surface area contributed by atoms with Crippen molar-refractivity contribution in [3.05, 3.63) is 35.6 Å². The van der Waals surface area contributed by atoms with Gasteiger partial charge in [0.15, 0.2) is 0 Å². The van der Waals surface area contributed by atoms with E-state index in [1.54, 1.807) is 19.2 Å². The van der Waals surface area contributed by atoms with Crippen molar-refractivity contribution in [2.24, 2.45) is 0 Å². The Morgan fingerprint density at radius 1 is 1.38 bits per heavy atom. The monoisotopic (exact) mass is 222 g/mol. The van der Waals surface area contributed by atoms with E-state index in [1.165, 1.54) is 12.1 Å². The average Bonchev–Trinajstić information content (AvgIpc) is 3.00. The molecule has 1 fully saturated rings. The zero-order chi connectivity index (χ0) is 11.6. The van der Waals surface area contributed by atoms with E-state index < -0.39 is 0 Å². The van der Waals surface area contributed by atoms with Gasteiger partial charge in [0, 0.05) is 0 Å². The maximum absolute atomic E-state index is 12.8. The third-order valence-electron chi connectivity index (χ3n) is 2.86. The van der Waals surface area contributed by atoms with Gasteiger partial charge in [-0.1, -0.05) is 12.1 Å². The fourth-order valence-electron chi connectivity index (χ4n) is 1.85. The number of halogens is 1. The van der Waals surface area contributed by atoms with Crippen LogP contribution >= 0.6 is 0 Å². The van der Waals surface area contributed by atoms with Gasteiger partial charge < -0.3 is 10.6 Å². The van der Waals surface area contributed by atoms with Gasteiger partial charge in [-0.05, 0) is 37.6 Å². The number of rotatable bonds is 4. The molecule has 1 aromatic carbocycles. The minimum absolute atomic E-state index is 0.0238. The van der Waals surface area contributed by atoms with Crippen LogP contribution in [0, 0.1) is 5.82 Å². The first kappa shape index (κ1) is 11.1. The Balaban J connectivity index is 2.08. The average molecular weight is 222 g/mol. The van der Waals surface area contributed by atoms with Crippen molar-refractivity contribution < 1.29 is 9.18 Å². The van der Waals surface area contributed by atoms with E-state index in [9.17, 15) is 9.18 Å². The van der Waals surface area contributed by atoms with E-state index in [1.807, 2.05) is 0 Å². The van der Waals surface area contributed by atoms with Gasteiger partial charge in [0.1, 0.15) is 5.82 Å². The summed E-state index contributed by atoms with van der Waals surface area (Å²) in [4.78, 5) is 11.5. The van der Waals surface area contributed by atoms with Crippen LogP contribution in [0.15, 0.2) is 24.3 Å². The van der Waals surface area contributed by atoms with Crippen LogP contribution in [-0.4, -0.2) is 19.5 Å². The molecular weight excluding hydrogens is 207 g/mol. The number of benzene rings is 1. The zero-order valence-electron chi connectivity index (χ0n) is 9.22. The minimum atomic E-state index is -0.249. The molecule has 4 heteroatoms. The second kappa shape index (κ2) is 4.22. The van der Waals surface area contributed by atoms with Crippen LogP contribution in [0.3, 0.4) is 0 Å². The first-order chi connectivity index (χ1) is 7.66. The minimum Gasteiger partial charge on any atom is -0.345 e. The summed E-state index contributed by atoms with van der Waals surface area (Å²) in [5.74, 6) is -0.273. The zero-order valence-corrected chi connectivity index (χ0v) is 9.22. The molecule has 86 valence electrons. The Morgan fingerprint density at radius 3 is 2.50 bits per heavy atom. The summed E-state index contributed by atoms with van der Waals surface area (Å²) >= 11 is 0. The molecule has 1 aliphatic rings. The fourth-order valence-corrected chi connectivity index (χ4v) is 1.85. The van der Waals surface area contributed by atoms with E-state index in [2.05, 4.69) is 10.6 Å². The molecule has 1 saturated carbocycles. The molecule has 2 N–H and O–H groups in total. The maximum atomic E-state index is 12.8. The molecule has 1 amide bonds. The smallest absolute Gasteiger partial charge is 0.234 e. The van der Waals surface area contributed by atoms with Crippen molar-refractivity contribution in [3.8, 4) is 0 Å². The Labute approximate surface area is 94.0 Å². The van der Waals surface area contributed by atoms with Crippen molar-refractivity contribution in [2.45, 2.75) is 18.4 Å². The van der Waals surface area contributed by atoms with E-state index in [0.717, 1.165) is 18.4 Å². The molecule has 16 heavy (non-hydrogen) atoms. The van der Waals surface area contributed by atoms with Gasteiger partial charge in [0.2, 0.25) is 5.91 Å². The molecular formula is C12H15FN2O. The van der Waals surface area contributed by atoms with Crippen LogP contribution in [0.4, 0.5) is 4.39 Å². The molecule has 1 aliphatic carbocycles. The summed E-state index contributed by atoms with van der Waals surface area (Å²) in [6, 6.07) is 6.34. The van der Waals surface area contributed by atoms with E-state index in [0.29, 0.717) is 6.54 Å². The van der Waals surface area contributed by atoms with Crippen molar-refractivity contribution in [3.63, 3.8) is 0 Å². The normalized spacial score (nSPS) is 16.9. The predicted molar refractivity (Wildman–Crippen MR) is 59.4 cm³/mol. The molecule has 1 aromatic rings. The van der Waals surface area contributed by atoms with E-state index >= 15 is 0 Å². The molecule has 0 aliphatic heterocycles. The molecule has 0 radical (unpaired) electrons. The maximum Gasteiger partial charge on any atom is 0.234 e. The van der Waals surface area contributed by atoms with Crippen LogP contribution < -0.4 is 10.6 Å². The SMILES string of the molecule is CNCC(=O)NC1(c2ccc(F)cc2)CC1. The molecule has 2 rings (SSSR count). The van der Waals surface area contributed by atoms with Gasteiger partial charge in [-0.2, -0.15) is 0 Å². The molecule has 0 spiro atoms. The number of amides is 1. The number of carbonyl (C=O) groups excluding carboxylic acids is 1. The standard InChI is InChI=1S/C12H15FN2O/c1-14-8-11(16)15-12(6-7-12)9-2-4-10(13)5-3-9/h2-5,14H,6-8H2,1H3,(H,15,16). The first-order valence-electron chi connectivity index (χ1n) is 5.38. The lowest BCUT2D eigenvalue weighted by Crippen LogP contribution is -2.39. The number of hydrogen-bond donors (Lipinski definition) is 2. The largest absolute Gasteiger partial charge is 0.345 e. The Hall–Kier alpha value is -1.42. The van der Waals surface area contributed by atoms with Gasteiger partial charge in [-0.25, -0.2) is 4.39 Å². The lowest BCUT2D eigenvalue weighted by Gasteiger charge is -2.17. The summed E-state index contributed by atoms with van der Waals surface area (Å²) < 4.78 is 12.8. The molecule has 0 atom stereocenters. The van der Waals surface area contributed by atoms with Crippen molar-refractivity contribution in [1.29, 1.82) is 0 Å². The van der Waals surface area contributed by atoms with Crippen molar-refractivity contribution in [1.82, 2.24) is 10.6 Å². The van der Waals surface area contributed by atoms with Crippen LogP contribution in [0.2, 0.25) is 0 Å². The highest BCUT2D eigenvalue weighted by Crippen LogP contribution is 2.45. The quantitative estimate of drug-likeness (QED) is 0.802. The van der Waals surface area contributed by atoms with Crippen LogP contribution in [0.5, 0.6) is 0 Å². The van der Waals surface area contributed by atoms with E-state index in [-0.39, 0.29) is 17.3 Å². The highest BCUT2D eigenvalue weighted by molar-refractivity contribution is 5.79. The Bertz CT molecular complexity index is 385. The van der Waals surface area contributed by atoms with Gasteiger partial charge in [0.25, 0.3) is 0 Å². The molecule has 0 aromatic heterocycles. The second-order valence-corrected chi connectivity index (χ2v) is 4.17. The molecule has 0 saturated heterocycles. The molecule has 0 bridgehead atoms. The highest BCUT2D eigenvalue weighted by atomic mass is 19.1. The summed E-state index contributed by atoms with van der Waals surface area (Å²) in [5, 5.41) is 5.79. The summed E-state index contributed by atoms with van der Waals surface area (Å²) in [6.07, 6.45) is 1.85. The van der Waals surface area contributed by atoms with Gasteiger partial charge in [-0.3, -0.25) is 4.79 Å². The Kier molecular flexibility index (Phi) is 2.92. The topological polar surface area (TPSA) is 41.1 Å². The third-order valence-corrected chi connectivity index (χ3v) is 2.86. The number of carbonyl (C=O) groups is 1. The van der Waals surface area contributed by atoms with E-state index in [4.69, 9.17) is 0 Å². The number of hydrogen-bond acceptors (Lipinski definition) is 2. The second-order valence-electron chi connectivity index (χ2n) is 4.17. The van der Waals surface area contributed by atoms with Gasteiger partial charge in [0.05, 0.1) is 12.1 Å². The van der Waals surface area contributed by atoms with Gasteiger partial charge >= 0.3 is 0 Å². The van der Waals surface area contributed by atoms with Crippen molar-refractivity contribution in [2.75, 3.05) is 13.6 Å². The summed E-state index contributed by atoms with van der Waals surface area (Å²) in [5.41, 5.74) is 0.736. The van der Waals surface area contributed by atoms with Gasteiger partial charge in [-0.15, -0.1) is 0 Å². The van der Waals surface area contributed by atoms with Crippen LogP contribution in [-0.2, 0) is 10.3 Å². The highest BCUT2D eigenvalue weighted by Gasteiger charge is 2.45. The van der Waals surface area contributed by atoms with Crippen molar-refractivity contribution >= 4 is 5.91 Å². The predicted octanol–water partition coefficient (Wildman–Crippen LogP) is 1.15. The molecule has 3 nitrogen and oxygen atoms in total. The molecule has 0 unspecified atom stereocenters. The third kappa shape index (κ3) is 2.22. The lowest BCUT2D eigenvalue weighted by atomic mass is 10.0. The lowest BCUT2D eigenvalue weighted by molar-refractivity contribution is -0.121. The number of nitrogens with one attached hydrogen (secondary N) is 2. The van der Waals surface area contributed by atoms with Crippen LogP contribution in [0.25, 0.3) is 0 Å². The summed E-state index contributed by atoms with van der Waals surface area (Å²) in [7, 11) is 1.73. The number of likely N-dealkylation sites (N-methyl/N-ethyl adjacent to an activating group) is 1. The Morgan fingerprint density at radius 2 is 2.00 bits per heavy atom. The molecule has 0 heterocycles. The fraction of sp³-hybridized carbons (Fsp3) is 0.417.